The van der Waals surface area contributed by atoms with Crippen molar-refractivity contribution in [1.29, 1.82) is 0 Å². The van der Waals surface area contributed by atoms with Gasteiger partial charge in [0, 0.05) is 32.1 Å². The van der Waals surface area contributed by atoms with E-state index in [1.165, 1.54) is 24.0 Å². The quantitative estimate of drug-likeness (QED) is 0.239. The van der Waals surface area contributed by atoms with Crippen molar-refractivity contribution >= 4 is 46.9 Å². The van der Waals surface area contributed by atoms with Gasteiger partial charge in [0.05, 0.1) is 16.0 Å². The molecular formula is C20H14Cl2N2O3S. The van der Waals surface area contributed by atoms with Crippen molar-refractivity contribution in [2.75, 3.05) is 0 Å². The average molecular weight is 433 g/mol. The Morgan fingerprint density at radius 3 is 2.57 bits per heavy atom. The lowest BCUT2D eigenvalue weighted by atomic mass is 10.2. The van der Waals surface area contributed by atoms with E-state index in [4.69, 9.17) is 28.0 Å². The zero-order valence-electron chi connectivity index (χ0n) is 14.4. The second-order valence-corrected chi connectivity index (χ2v) is 7.60. The summed E-state index contributed by atoms with van der Waals surface area (Å²) in [5, 5.41) is 16.3. The largest absolute Gasteiger partial charge is 0.391 e. The molecule has 0 amide bonds. The molecule has 0 aliphatic rings. The summed E-state index contributed by atoms with van der Waals surface area (Å²) in [6, 6.07) is 19.5. The first-order valence-corrected chi connectivity index (χ1v) is 9.71. The summed E-state index contributed by atoms with van der Waals surface area (Å²) in [4.78, 5) is 17.8. The van der Waals surface area contributed by atoms with Crippen LogP contribution in [0.3, 0.4) is 0 Å². The predicted molar refractivity (Wildman–Crippen MR) is 113 cm³/mol. The summed E-state index contributed by atoms with van der Waals surface area (Å²) >= 11 is 13.3. The van der Waals surface area contributed by atoms with E-state index in [-0.39, 0.29) is 12.3 Å². The van der Waals surface area contributed by atoms with Crippen molar-refractivity contribution in [1.82, 2.24) is 0 Å². The van der Waals surface area contributed by atoms with Crippen LogP contribution in [-0.4, -0.2) is 11.1 Å². The highest BCUT2D eigenvalue weighted by molar-refractivity contribution is 7.99. The SMILES string of the molecule is O=[N+]([O-])c1cc(C=NOCc2ccc(Cl)cc2Cl)ccc1Sc1ccccc1. The summed E-state index contributed by atoms with van der Waals surface area (Å²) in [6.45, 7) is 0.163. The average Bonchev–Trinajstić information content (AvgIpc) is 2.68. The van der Waals surface area contributed by atoms with E-state index in [1.54, 1.807) is 30.3 Å². The van der Waals surface area contributed by atoms with E-state index >= 15 is 0 Å². The van der Waals surface area contributed by atoms with Crippen molar-refractivity contribution in [3.63, 3.8) is 0 Å². The number of benzene rings is 3. The molecule has 8 heteroatoms. The third-order valence-electron chi connectivity index (χ3n) is 3.66. The fraction of sp³-hybridized carbons (Fsp3) is 0.0500. The monoisotopic (exact) mass is 432 g/mol. The Morgan fingerprint density at radius 1 is 1.07 bits per heavy atom. The zero-order chi connectivity index (χ0) is 19.9. The minimum absolute atomic E-state index is 0.0125. The Kier molecular flexibility index (Phi) is 6.92. The van der Waals surface area contributed by atoms with Crippen molar-refractivity contribution in [3.8, 4) is 0 Å². The maximum absolute atomic E-state index is 11.4. The molecule has 0 N–H and O–H groups in total. The van der Waals surface area contributed by atoms with Crippen molar-refractivity contribution < 1.29 is 9.76 Å². The lowest BCUT2D eigenvalue weighted by Crippen LogP contribution is -1.94. The van der Waals surface area contributed by atoms with Crippen LogP contribution >= 0.6 is 35.0 Å². The molecule has 142 valence electrons. The molecule has 0 saturated heterocycles. The van der Waals surface area contributed by atoms with Gasteiger partial charge in [-0.3, -0.25) is 10.1 Å². The van der Waals surface area contributed by atoms with Gasteiger partial charge in [0.15, 0.2) is 0 Å². The van der Waals surface area contributed by atoms with Crippen LogP contribution < -0.4 is 0 Å². The normalized spacial score (nSPS) is 10.9. The number of oxime groups is 1. The first-order chi connectivity index (χ1) is 13.5. The predicted octanol–water partition coefficient (Wildman–Crippen LogP) is 6.60. The van der Waals surface area contributed by atoms with Crippen molar-refractivity contribution in [3.05, 3.63) is 98.0 Å². The van der Waals surface area contributed by atoms with Gasteiger partial charge < -0.3 is 4.84 Å². The van der Waals surface area contributed by atoms with Crippen LogP contribution in [0.5, 0.6) is 0 Å². The molecule has 0 aliphatic carbocycles. The molecule has 0 spiro atoms. The standard InChI is InChI=1S/C20H14Cl2N2O3S/c21-16-8-7-15(18(22)11-16)13-27-23-12-14-6-9-20(19(10-14)24(25)26)28-17-4-2-1-3-5-17/h1-12H,13H2. The third kappa shape index (κ3) is 5.48. The maximum atomic E-state index is 11.4. The number of nitro benzene ring substituents is 1. The van der Waals surface area contributed by atoms with Crippen LogP contribution in [0.15, 0.2) is 81.7 Å². The molecule has 0 saturated carbocycles. The Balaban J connectivity index is 1.69. The number of rotatable bonds is 7. The van der Waals surface area contributed by atoms with Gasteiger partial charge >= 0.3 is 0 Å². The number of hydrogen-bond acceptors (Lipinski definition) is 5. The molecule has 3 aromatic rings. The van der Waals surface area contributed by atoms with Crippen LogP contribution in [0, 0.1) is 10.1 Å². The van der Waals surface area contributed by atoms with E-state index in [0.717, 1.165) is 10.5 Å². The summed E-state index contributed by atoms with van der Waals surface area (Å²) in [7, 11) is 0. The van der Waals surface area contributed by atoms with E-state index in [2.05, 4.69) is 5.16 Å². The molecule has 3 aromatic carbocycles. The Morgan fingerprint density at radius 2 is 1.86 bits per heavy atom. The van der Waals surface area contributed by atoms with Gasteiger partial charge in [-0.15, -0.1) is 0 Å². The molecular weight excluding hydrogens is 419 g/mol. The fourth-order valence-corrected chi connectivity index (χ4v) is 3.69. The van der Waals surface area contributed by atoms with Crippen molar-refractivity contribution in [2.24, 2.45) is 5.16 Å². The smallest absolute Gasteiger partial charge is 0.283 e. The van der Waals surface area contributed by atoms with Crippen LogP contribution in [0.4, 0.5) is 5.69 Å². The Bertz CT molecular complexity index is 1010. The van der Waals surface area contributed by atoms with E-state index < -0.39 is 4.92 Å². The highest BCUT2D eigenvalue weighted by Crippen LogP contribution is 2.35. The molecule has 0 radical (unpaired) electrons. The molecule has 0 atom stereocenters. The van der Waals surface area contributed by atoms with Crippen LogP contribution in [0.2, 0.25) is 10.0 Å². The van der Waals surface area contributed by atoms with Gasteiger partial charge in [0.2, 0.25) is 0 Å². The molecule has 0 aliphatic heterocycles. The van der Waals surface area contributed by atoms with Crippen molar-refractivity contribution in [2.45, 2.75) is 16.4 Å². The first-order valence-electron chi connectivity index (χ1n) is 8.13. The van der Waals surface area contributed by atoms with Gasteiger partial charge in [0.25, 0.3) is 5.69 Å². The van der Waals surface area contributed by atoms with Crippen LogP contribution in [0.1, 0.15) is 11.1 Å². The van der Waals surface area contributed by atoms with E-state index in [9.17, 15) is 10.1 Å². The molecule has 0 bridgehead atoms. The topological polar surface area (TPSA) is 64.7 Å². The lowest BCUT2D eigenvalue weighted by molar-refractivity contribution is -0.387. The maximum Gasteiger partial charge on any atom is 0.283 e. The number of nitro groups is 1. The van der Waals surface area contributed by atoms with Gasteiger partial charge in [-0.05, 0) is 30.3 Å². The molecule has 0 aromatic heterocycles. The molecule has 0 unspecified atom stereocenters. The molecule has 0 fully saturated rings. The van der Waals surface area contributed by atoms with Crippen LogP contribution in [-0.2, 0) is 11.4 Å². The summed E-state index contributed by atoms with van der Waals surface area (Å²) < 4.78 is 0. The molecule has 5 nitrogen and oxygen atoms in total. The number of hydrogen-bond donors (Lipinski definition) is 0. The molecule has 3 rings (SSSR count). The minimum atomic E-state index is -0.406. The van der Waals surface area contributed by atoms with Gasteiger partial charge in [-0.2, -0.15) is 0 Å². The second-order valence-electron chi connectivity index (χ2n) is 5.64. The zero-order valence-corrected chi connectivity index (χ0v) is 16.7. The molecule has 0 heterocycles. The van der Waals surface area contributed by atoms with E-state index in [1.807, 2.05) is 30.3 Å². The summed E-state index contributed by atoms with van der Waals surface area (Å²) in [5.74, 6) is 0. The second kappa shape index (κ2) is 9.59. The van der Waals surface area contributed by atoms with Gasteiger partial charge in [0.1, 0.15) is 6.61 Å². The first kappa shape index (κ1) is 20.2. The molecule has 28 heavy (non-hydrogen) atoms. The van der Waals surface area contributed by atoms with Gasteiger partial charge in [-0.25, -0.2) is 0 Å². The minimum Gasteiger partial charge on any atom is -0.391 e. The summed E-state index contributed by atoms with van der Waals surface area (Å²) in [6.07, 6.45) is 1.42. The Hall–Kier alpha value is -2.54. The lowest BCUT2D eigenvalue weighted by Gasteiger charge is -2.05. The number of halogens is 2. The van der Waals surface area contributed by atoms with Crippen LogP contribution in [0.25, 0.3) is 0 Å². The fourth-order valence-electron chi connectivity index (χ4n) is 2.30. The highest BCUT2D eigenvalue weighted by Gasteiger charge is 2.15. The highest BCUT2D eigenvalue weighted by atomic mass is 35.5. The van der Waals surface area contributed by atoms with E-state index in [0.29, 0.717) is 20.5 Å². The third-order valence-corrected chi connectivity index (χ3v) is 5.32. The summed E-state index contributed by atoms with van der Waals surface area (Å²) in [5.41, 5.74) is 1.31. The van der Waals surface area contributed by atoms with Gasteiger partial charge in [-0.1, -0.05) is 70.5 Å². The number of nitrogens with zero attached hydrogens (tertiary/aromatic N) is 2. The Labute approximate surface area is 176 Å².